The maximum atomic E-state index is 12.5. The SMILES string of the molecule is CC[C@]1(N2CCN(C(=O)Cc3ccsc3)CC2)CCN(S(C)(=O)=O)C1. The molecule has 0 unspecified atom stereocenters. The molecule has 1 aromatic rings. The van der Waals surface area contributed by atoms with Crippen LogP contribution in [0.25, 0.3) is 0 Å². The summed E-state index contributed by atoms with van der Waals surface area (Å²) in [5.41, 5.74) is 1.01. The van der Waals surface area contributed by atoms with Crippen molar-refractivity contribution < 1.29 is 13.2 Å². The molecule has 140 valence electrons. The molecule has 2 aliphatic heterocycles. The Morgan fingerprint density at radius 1 is 1.24 bits per heavy atom. The van der Waals surface area contributed by atoms with E-state index in [-0.39, 0.29) is 11.4 Å². The van der Waals surface area contributed by atoms with Crippen LogP contribution in [0.3, 0.4) is 0 Å². The lowest BCUT2D eigenvalue weighted by atomic mass is 9.92. The molecule has 8 heteroatoms. The number of hydrogen-bond acceptors (Lipinski definition) is 5. The van der Waals surface area contributed by atoms with Gasteiger partial charge in [0.1, 0.15) is 0 Å². The molecule has 3 rings (SSSR count). The topological polar surface area (TPSA) is 60.9 Å². The highest BCUT2D eigenvalue weighted by Gasteiger charge is 2.45. The fraction of sp³-hybridized carbons (Fsp3) is 0.706. The second-order valence-corrected chi connectivity index (χ2v) is 9.86. The summed E-state index contributed by atoms with van der Waals surface area (Å²) in [6, 6.07) is 2.00. The predicted octanol–water partition coefficient (Wildman–Crippen LogP) is 1.25. The summed E-state index contributed by atoms with van der Waals surface area (Å²) in [6.07, 6.45) is 3.57. The molecule has 0 saturated carbocycles. The smallest absolute Gasteiger partial charge is 0.227 e. The molecular formula is C17H27N3O3S2. The summed E-state index contributed by atoms with van der Waals surface area (Å²) >= 11 is 1.62. The van der Waals surface area contributed by atoms with Crippen LogP contribution in [-0.2, 0) is 21.2 Å². The van der Waals surface area contributed by atoms with E-state index in [1.807, 2.05) is 21.7 Å². The van der Waals surface area contributed by atoms with Gasteiger partial charge in [-0.2, -0.15) is 11.3 Å². The zero-order valence-electron chi connectivity index (χ0n) is 15.0. The molecule has 0 spiro atoms. The van der Waals surface area contributed by atoms with Gasteiger partial charge in [-0.15, -0.1) is 0 Å². The van der Waals surface area contributed by atoms with Crippen LogP contribution in [0.15, 0.2) is 16.8 Å². The van der Waals surface area contributed by atoms with Crippen molar-refractivity contribution >= 4 is 27.3 Å². The molecule has 6 nitrogen and oxygen atoms in total. The highest BCUT2D eigenvalue weighted by molar-refractivity contribution is 7.88. The van der Waals surface area contributed by atoms with Gasteiger partial charge in [0.15, 0.2) is 0 Å². The monoisotopic (exact) mass is 385 g/mol. The summed E-state index contributed by atoms with van der Waals surface area (Å²) < 4.78 is 25.3. The first-order valence-corrected chi connectivity index (χ1v) is 11.6. The lowest BCUT2D eigenvalue weighted by Crippen LogP contribution is -2.59. The Bertz CT molecular complexity index is 697. The minimum Gasteiger partial charge on any atom is -0.340 e. The third kappa shape index (κ3) is 4.07. The van der Waals surface area contributed by atoms with Crippen molar-refractivity contribution in [2.75, 3.05) is 45.5 Å². The average Bonchev–Trinajstić information content (AvgIpc) is 3.24. The van der Waals surface area contributed by atoms with Crippen molar-refractivity contribution in [3.8, 4) is 0 Å². The second kappa shape index (κ2) is 7.34. The number of thiophene rings is 1. The second-order valence-electron chi connectivity index (χ2n) is 7.10. The van der Waals surface area contributed by atoms with E-state index in [0.29, 0.717) is 19.5 Å². The Morgan fingerprint density at radius 3 is 2.48 bits per heavy atom. The number of carbonyl (C=O) groups is 1. The molecular weight excluding hydrogens is 358 g/mol. The van der Waals surface area contributed by atoms with Gasteiger partial charge in [-0.1, -0.05) is 6.92 Å². The largest absolute Gasteiger partial charge is 0.340 e. The summed E-state index contributed by atoms with van der Waals surface area (Å²) in [5.74, 6) is 0.188. The van der Waals surface area contributed by atoms with E-state index in [2.05, 4.69) is 11.8 Å². The maximum Gasteiger partial charge on any atom is 0.227 e. The Morgan fingerprint density at radius 2 is 1.96 bits per heavy atom. The number of amides is 1. The van der Waals surface area contributed by atoms with E-state index in [1.54, 1.807) is 15.6 Å². The lowest BCUT2D eigenvalue weighted by molar-refractivity contribution is -0.133. The highest BCUT2D eigenvalue weighted by Crippen LogP contribution is 2.33. The van der Waals surface area contributed by atoms with Crippen molar-refractivity contribution in [3.63, 3.8) is 0 Å². The molecule has 0 radical (unpaired) electrons. The molecule has 2 saturated heterocycles. The summed E-state index contributed by atoms with van der Waals surface area (Å²) in [4.78, 5) is 16.8. The number of carbonyl (C=O) groups excluding carboxylic acids is 1. The molecule has 1 amide bonds. The van der Waals surface area contributed by atoms with Gasteiger partial charge in [0.25, 0.3) is 0 Å². The zero-order chi connectivity index (χ0) is 18.1. The number of piperazine rings is 1. The van der Waals surface area contributed by atoms with Gasteiger partial charge in [-0.25, -0.2) is 12.7 Å². The van der Waals surface area contributed by atoms with Crippen molar-refractivity contribution in [2.24, 2.45) is 0 Å². The summed E-state index contributed by atoms with van der Waals surface area (Å²) in [6.45, 7) is 6.41. The number of hydrogen-bond donors (Lipinski definition) is 0. The first kappa shape index (κ1) is 18.8. The van der Waals surface area contributed by atoms with Crippen LogP contribution in [0.5, 0.6) is 0 Å². The first-order chi connectivity index (χ1) is 11.8. The van der Waals surface area contributed by atoms with Gasteiger partial charge in [0.05, 0.1) is 12.7 Å². The van der Waals surface area contributed by atoms with E-state index in [0.717, 1.165) is 44.6 Å². The standard InChI is InChI=1S/C17H27N3O3S2/c1-3-17(5-6-20(14-17)25(2,22)23)19-9-7-18(8-10-19)16(21)12-15-4-11-24-13-15/h4,11,13H,3,5-10,12,14H2,1-2H3/t17-/m0/s1. The zero-order valence-corrected chi connectivity index (χ0v) is 16.6. The van der Waals surface area contributed by atoms with E-state index >= 15 is 0 Å². The Kier molecular flexibility index (Phi) is 5.53. The van der Waals surface area contributed by atoms with Crippen LogP contribution in [-0.4, -0.2) is 79.5 Å². The lowest BCUT2D eigenvalue weighted by Gasteiger charge is -2.45. The van der Waals surface area contributed by atoms with Crippen molar-refractivity contribution in [1.29, 1.82) is 0 Å². The van der Waals surface area contributed by atoms with E-state index in [1.165, 1.54) is 6.26 Å². The summed E-state index contributed by atoms with van der Waals surface area (Å²) in [5, 5.41) is 4.03. The Labute approximate surface area is 154 Å². The van der Waals surface area contributed by atoms with E-state index < -0.39 is 10.0 Å². The maximum absolute atomic E-state index is 12.5. The van der Waals surface area contributed by atoms with Crippen LogP contribution < -0.4 is 0 Å². The minimum absolute atomic E-state index is 0.0778. The van der Waals surface area contributed by atoms with Crippen LogP contribution in [0.1, 0.15) is 25.3 Å². The number of rotatable bonds is 5. The van der Waals surface area contributed by atoms with Gasteiger partial charge in [-0.05, 0) is 35.2 Å². The molecule has 25 heavy (non-hydrogen) atoms. The van der Waals surface area contributed by atoms with Crippen molar-refractivity contribution in [2.45, 2.75) is 31.7 Å². The molecule has 3 heterocycles. The molecule has 2 aliphatic rings. The van der Waals surface area contributed by atoms with Crippen LogP contribution >= 0.6 is 11.3 Å². The van der Waals surface area contributed by atoms with Crippen LogP contribution in [0.4, 0.5) is 0 Å². The summed E-state index contributed by atoms with van der Waals surface area (Å²) in [7, 11) is -3.13. The average molecular weight is 386 g/mol. The minimum atomic E-state index is -3.13. The van der Waals surface area contributed by atoms with Gasteiger partial charge >= 0.3 is 0 Å². The number of sulfonamides is 1. The van der Waals surface area contributed by atoms with Gasteiger partial charge in [0.2, 0.25) is 15.9 Å². The first-order valence-electron chi connectivity index (χ1n) is 8.83. The molecule has 2 fully saturated rings. The van der Waals surface area contributed by atoms with Crippen LogP contribution in [0, 0.1) is 0 Å². The normalized spacial score (nSPS) is 26.2. The van der Waals surface area contributed by atoms with E-state index in [4.69, 9.17) is 0 Å². The Hall–Kier alpha value is -0.960. The highest BCUT2D eigenvalue weighted by atomic mass is 32.2. The van der Waals surface area contributed by atoms with Crippen LogP contribution in [0.2, 0.25) is 0 Å². The van der Waals surface area contributed by atoms with Crippen molar-refractivity contribution in [3.05, 3.63) is 22.4 Å². The van der Waals surface area contributed by atoms with Crippen molar-refractivity contribution in [1.82, 2.24) is 14.1 Å². The third-order valence-electron chi connectivity index (χ3n) is 5.66. The van der Waals surface area contributed by atoms with Gasteiger partial charge in [0, 0.05) is 44.8 Å². The van der Waals surface area contributed by atoms with Gasteiger partial charge in [-0.3, -0.25) is 9.69 Å². The molecule has 1 atom stereocenters. The van der Waals surface area contributed by atoms with E-state index in [9.17, 15) is 13.2 Å². The molecule has 0 aromatic carbocycles. The third-order valence-corrected chi connectivity index (χ3v) is 7.64. The fourth-order valence-corrected chi connectivity index (χ4v) is 5.55. The number of nitrogens with zero attached hydrogens (tertiary/aromatic N) is 3. The quantitative estimate of drug-likeness (QED) is 0.765. The predicted molar refractivity (Wildman–Crippen MR) is 100 cm³/mol. The Balaban J connectivity index is 1.58. The fourth-order valence-electron chi connectivity index (χ4n) is 3.98. The van der Waals surface area contributed by atoms with Gasteiger partial charge < -0.3 is 4.90 Å². The molecule has 0 N–H and O–H groups in total. The molecule has 1 aromatic heterocycles. The molecule has 0 bridgehead atoms. The molecule has 0 aliphatic carbocycles.